The molecule has 0 radical (unpaired) electrons. The van der Waals surface area contributed by atoms with Gasteiger partial charge in [-0.1, -0.05) is 6.07 Å². The Balaban J connectivity index is 1.41. The van der Waals surface area contributed by atoms with Crippen LogP contribution in [0.4, 0.5) is 10.2 Å². The summed E-state index contributed by atoms with van der Waals surface area (Å²) in [6.45, 7) is 1.72. The Morgan fingerprint density at radius 3 is 2.71 bits per heavy atom. The quantitative estimate of drug-likeness (QED) is 0.387. The fraction of sp³-hybridized carbons (Fsp3) is 0.222. The van der Waals surface area contributed by atoms with Crippen molar-refractivity contribution in [3.05, 3.63) is 71.0 Å². The van der Waals surface area contributed by atoms with Crippen LogP contribution in [0.3, 0.4) is 0 Å². The van der Waals surface area contributed by atoms with E-state index in [0.29, 0.717) is 28.2 Å². The van der Waals surface area contributed by atoms with Crippen LogP contribution in [-0.4, -0.2) is 46.2 Å². The molecule has 1 fully saturated rings. The summed E-state index contributed by atoms with van der Waals surface area (Å²) in [7, 11) is 1.32. The van der Waals surface area contributed by atoms with Crippen molar-refractivity contribution in [3.8, 4) is 16.9 Å². The summed E-state index contributed by atoms with van der Waals surface area (Å²) in [5, 5.41) is 2.33. The number of methoxy groups -OCH3 is 1. The van der Waals surface area contributed by atoms with Crippen molar-refractivity contribution in [1.82, 2.24) is 20.2 Å². The van der Waals surface area contributed by atoms with E-state index in [0.717, 1.165) is 11.1 Å². The number of hydrogen-bond donors (Lipinski definition) is 2. The second-order valence-electron chi connectivity index (χ2n) is 9.50. The minimum Gasteiger partial charge on any atom is -0.494 e. The number of carbonyl (C=O) groups excluding carboxylic acids is 3. The van der Waals surface area contributed by atoms with E-state index >= 15 is 0 Å². The topological polar surface area (TPSA) is 141 Å². The summed E-state index contributed by atoms with van der Waals surface area (Å²) >= 11 is 0. The Morgan fingerprint density at radius 1 is 1.21 bits per heavy atom. The number of pyridine rings is 2. The lowest BCUT2D eigenvalue weighted by atomic mass is 9.82. The van der Waals surface area contributed by atoms with Crippen LogP contribution in [-0.2, 0) is 21.5 Å². The van der Waals surface area contributed by atoms with Crippen LogP contribution in [0.15, 0.2) is 47.0 Å². The molecule has 5 heterocycles. The predicted octanol–water partition coefficient (Wildman–Crippen LogP) is 2.87. The molecule has 0 unspecified atom stereocenters. The number of aryl methyl sites for hydroxylation is 1. The zero-order chi connectivity index (χ0) is 26.8. The number of aromatic nitrogens is 2. The van der Waals surface area contributed by atoms with Crippen molar-refractivity contribution in [2.75, 3.05) is 19.4 Å². The summed E-state index contributed by atoms with van der Waals surface area (Å²) in [4.78, 5) is 49.0. The summed E-state index contributed by atoms with van der Waals surface area (Å²) in [6, 6.07) is 9.96. The lowest BCUT2D eigenvalue weighted by Crippen LogP contribution is -2.46. The molecule has 3 aromatic heterocycles. The molecule has 1 aromatic carbocycles. The molecule has 11 heteroatoms. The van der Waals surface area contributed by atoms with Gasteiger partial charge in [-0.05, 0) is 36.8 Å². The number of fused-ring (bicyclic) bond motifs is 2. The maximum absolute atomic E-state index is 14.9. The Labute approximate surface area is 215 Å². The lowest BCUT2D eigenvalue weighted by Gasteiger charge is -2.28. The van der Waals surface area contributed by atoms with E-state index in [1.54, 1.807) is 30.5 Å². The van der Waals surface area contributed by atoms with Crippen LogP contribution >= 0.6 is 0 Å². The van der Waals surface area contributed by atoms with Gasteiger partial charge in [0, 0.05) is 42.2 Å². The van der Waals surface area contributed by atoms with Crippen molar-refractivity contribution in [1.29, 1.82) is 0 Å². The largest absolute Gasteiger partial charge is 0.494 e. The van der Waals surface area contributed by atoms with Gasteiger partial charge >= 0.3 is 0 Å². The maximum Gasteiger partial charge on any atom is 0.257 e. The number of ether oxygens (including phenoxy) is 1. The van der Waals surface area contributed by atoms with Crippen molar-refractivity contribution in [3.63, 3.8) is 0 Å². The van der Waals surface area contributed by atoms with E-state index < -0.39 is 29.0 Å². The third-order valence-corrected chi connectivity index (χ3v) is 7.15. The van der Waals surface area contributed by atoms with Gasteiger partial charge in [-0.25, -0.2) is 14.4 Å². The van der Waals surface area contributed by atoms with Gasteiger partial charge in [-0.2, -0.15) is 0 Å². The van der Waals surface area contributed by atoms with E-state index in [4.69, 9.17) is 14.9 Å². The lowest BCUT2D eigenvalue weighted by molar-refractivity contribution is -0.127. The molecule has 6 rings (SSSR count). The fourth-order valence-electron chi connectivity index (χ4n) is 5.21. The highest BCUT2D eigenvalue weighted by atomic mass is 19.1. The molecular formula is C27H22FN5O5. The standard InChI is InChI=1S/C27H22FN5O5/c1-13-16(14-4-6-21(29)30-10-14)7-19-17(31-13)8-20(38-19)27(9-22(34)32-26(27)36)12-33-11-15-3-5-18(37-2)24(28)23(15)25(33)35/h3-8,10H,9,11-12H2,1-2H3,(H2,29,30)(H,32,34,36)/t27-/m1/s1. The summed E-state index contributed by atoms with van der Waals surface area (Å²) in [5.74, 6) is -1.91. The maximum atomic E-state index is 14.9. The SMILES string of the molecule is COc1ccc2c(c1F)C(=O)N(C[C@@]1(c3cc4nc(C)c(-c5ccc(N)nc5)cc4o3)CC(=O)NC1=O)C2. The Bertz CT molecular complexity index is 1660. The monoisotopic (exact) mass is 515 g/mol. The van der Waals surface area contributed by atoms with Crippen molar-refractivity contribution in [2.24, 2.45) is 0 Å². The number of amides is 3. The number of rotatable bonds is 5. The molecule has 0 bridgehead atoms. The minimum absolute atomic E-state index is 0.0479. The normalized spacial score (nSPS) is 18.8. The predicted molar refractivity (Wildman–Crippen MR) is 134 cm³/mol. The minimum atomic E-state index is -1.51. The van der Waals surface area contributed by atoms with Crippen LogP contribution in [0.1, 0.15) is 33.8 Å². The van der Waals surface area contributed by atoms with Gasteiger partial charge in [0.25, 0.3) is 5.91 Å². The average Bonchev–Trinajstić information content (AvgIpc) is 3.53. The van der Waals surface area contributed by atoms with E-state index in [1.807, 2.05) is 13.0 Å². The number of hydrogen-bond acceptors (Lipinski definition) is 8. The van der Waals surface area contributed by atoms with Gasteiger partial charge in [0.15, 0.2) is 17.1 Å². The molecule has 38 heavy (non-hydrogen) atoms. The number of imide groups is 1. The summed E-state index contributed by atoms with van der Waals surface area (Å²) in [5.41, 5.74) is 7.70. The molecule has 0 saturated carbocycles. The first-order chi connectivity index (χ1) is 18.2. The molecule has 10 nitrogen and oxygen atoms in total. The highest BCUT2D eigenvalue weighted by Crippen LogP contribution is 2.40. The molecule has 4 aromatic rings. The first kappa shape index (κ1) is 23.6. The van der Waals surface area contributed by atoms with E-state index in [-0.39, 0.29) is 36.6 Å². The Hall–Kier alpha value is -4.80. The zero-order valence-electron chi connectivity index (χ0n) is 20.5. The molecule has 2 aliphatic rings. The van der Waals surface area contributed by atoms with Crippen molar-refractivity contribution in [2.45, 2.75) is 25.3 Å². The highest BCUT2D eigenvalue weighted by Gasteiger charge is 2.53. The van der Waals surface area contributed by atoms with Crippen LogP contribution < -0.4 is 15.8 Å². The second-order valence-corrected chi connectivity index (χ2v) is 9.50. The first-order valence-electron chi connectivity index (χ1n) is 11.8. The molecule has 192 valence electrons. The molecule has 2 aliphatic heterocycles. The molecule has 1 atom stereocenters. The molecule has 3 N–H and O–H groups in total. The average molecular weight is 516 g/mol. The van der Waals surface area contributed by atoms with Gasteiger partial charge in [-0.3, -0.25) is 19.7 Å². The van der Waals surface area contributed by atoms with Crippen LogP contribution in [0.25, 0.3) is 22.2 Å². The van der Waals surface area contributed by atoms with Gasteiger partial charge in [0.2, 0.25) is 11.8 Å². The van der Waals surface area contributed by atoms with Gasteiger partial charge in [-0.15, -0.1) is 0 Å². The molecular weight excluding hydrogens is 493 g/mol. The van der Waals surface area contributed by atoms with Gasteiger partial charge in [0.1, 0.15) is 22.5 Å². The Morgan fingerprint density at radius 2 is 2.03 bits per heavy atom. The van der Waals surface area contributed by atoms with Gasteiger partial charge in [0.05, 0.1) is 19.1 Å². The van der Waals surface area contributed by atoms with Crippen molar-refractivity contribution < 1.29 is 27.9 Å². The van der Waals surface area contributed by atoms with E-state index in [9.17, 15) is 18.8 Å². The van der Waals surface area contributed by atoms with Crippen molar-refractivity contribution >= 4 is 34.6 Å². The van der Waals surface area contributed by atoms with Gasteiger partial charge < -0.3 is 19.8 Å². The second kappa shape index (κ2) is 8.37. The van der Waals surface area contributed by atoms with E-state index in [1.165, 1.54) is 18.1 Å². The zero-order valence-corrected chi connectivity index (χ0v) is 20.5. The number of carbonyl (C=O) groups is 3. The summed E-state index contributed by atoms with van der Waals surface area (Å²) < 4.78 is 26.1. The van der Waals surface area contributed by atoms with Crippen LogP contribution in [0, 0.1) is 12.7 Å². The summed E-state index contributed by atoms with van der Waals surface area (Å²) in [6.07, 6.45) is 1.40. The smallest absolute Gasteiger partial charge is 0.257 e. The Kier molecular flexibility index (Phi) is 5.20. The molecule has 0 spiro atoms. The van der Waals surface area contributed by atoms with Crippen LogP contribution in [0.2, 0.25) is 0 Å². The number of halogens is 1. The fourth-order valence-corrected chi connectivity index (χ4v) is 5.21. The number of nitrogen functional groups attached to an aromatic ring is 1. The number of nitrogens with one attached hydrogen (secondary N) is 1. The molecule has 3 amide bonds. The van der Waals surface area contributed by atoms with E-state index in [2.05, 4.69) is 15.3 Å². The third-order valence-electron chi connectivity index (χ3n) is 7.15. The number of anilines is 1. The number of benzene rings is 1. The third kappa shape index (κ3) is 3.50. The highest BCUT2D eigenvalue weighted by molar-refractivity contribution is 6.10. The number of furan rings is 1. The molecule has 0 aliphatic carbocycles. The first-order valence-corrected chi connectivity index (χ1v) is 11.8. The molecule has 1 saturated heterocycles. The number of nitrogens with zero attached hydrogens (tertiary/aromatic N) is 3. The number of nitrogens with two attached hydrogens (primary N) is 1. The van der Waals surface area contributed by atoms with Crippen LogP contribution in [0.5, 0.6) is 5.75 Å².